The van der Waals surface area contributed by atoms with Crippen LogP contribution in [0.15, 0.2) is 66.7 Å². The third kappa shape index (κ3) is 15.6. The number of carboxylic acids is 4. The number of carbonyl (C=O) groups is 6. The summed E-state index contributed by atoms with van der Waals surface area (Å²) in [5.74, 6) is -5.84. The fraction of sp³-hybridized carbons (Fsp3) is 0.371. The van der Waals surface area contributed by atoms with E-state index in [1.165, 1.54) is 9.80 Å². The molecule has 17 nitrogen and oxygen atoms in total. The van der Waals surface area contributed by atoms with Gasteiger partial charge in [-0.3, -0.25) is 48.3 Å². The highest BCUT2D eigenvalue weighted by Crippen LogP contribution is 2.16. The summed E-state index contributed by atoms with van der Waals surface area (Å²) in [6.45, 7) is -2.20. The van der Waals surface area contributed by atoms with Crippen LogP contribution in [-0.2, 0) is 53.2 Å². The molecule has 280 valence electrons. The second-order valence-corrected chi connectivity index (χ2v) is 12.1. The summed E-state index contributed by atoms with van der Waals surface area (Å²) in [5, 5.41) is 41.5. The van der Waals surface area contributed by atoms with E-state index < -0.39 is 67.9 Å². The van der Waals surface area contributed by atoms with Gasteiger partial charge in [0.1, 0.15) is 0 Å². The first kappa shape index (κ1) is 41.0. The summed E-state index contributed by atoms with van der Waals surface area (Å²) < 4.78 is 0. The van der Waals surface area contributed by atoms with E-state index >= 15 is 0 Å². The van der Waals surface area contributed by atoms with Gasteiger partial charge in [0.05, 0.1) is 45.4 Å². The number of hydrogen-bond donors (Lipinski definition) is 7. The Bertz CT molecular complexity index is 1620. The van der Waals surface area contributed by atoms with Crippen molar-refractivity contribution >= 4 is 46.5 Å². The molecule has 0 saturated carbocycles. The first-order valence-corrected chi connectivity index (χ1v) is 16.3. The number of aliphatic carboxylic acids is 4. The Morgan fingerprint density at radius 3 is 1.63 bits per heavy atom. The highest BCUT2D eigenvalue weighted by molar-refractivity contribution is 5.84. The Labute approximate surface area is 299 Å². The van der Waals surface area contributed by atoms with Crippen LogP contribution in [0.4, 0.5) is 0 Å². The van der Waals surface area contributed by atoms with Crippen LogP contribution in [0.5, 0.6) is 0 Å². The lowest BCUT2D eigenvalue weighted by Gasteiger charge is -2.28. The van der Waals surface area contributed by atoms with Crippen LogP contribution in [-0.4, -0.2) is 136 Å². The second-order valence-electron chi connectivity index (χ2n) is 12.1. The molecule has 0 fully saturated rings. The fourth-order valence-corrected chi connectivity index (χ4v) is 5.22. The predicted octanol–water partition coefficient (Wildman–Crippen LogP) is -0.182. The van der Waals surface area contributed by atoms with Crippen molar-refractivity contribution < 1.29 is 54.0 Å². The van der Waals surface area contributed by atoms with E-state index in [4.69, 9.17) is 31.0 Å². The Hall–Kier alpha value is -5.46. The predicted molar refractivity (Wildman–Crippen MR) is 187 cm³/mol. The zero-order chi connectivity index (χ0) is 38.0. The number of hydroxylamine groups is 1. The highest BCUT2D eigenvalue weighted by atomic mass is 16.6. The van der Waals surface area contributed by atoms with Gasteiger partial charge in [0.25, 0.3) is 5.91 Å². The molecule has 52 heavy (non-hydrogen) atoms. The maximum absolute atomic E-state index is 12.9. The van der Waals surface area contributed by atoms with Gasteiger partial charge in [-0.15, -0.1) is 0 Å². The van der Waals surface area contributed by atoms with Crippen LogP contribution < -0.4 is 16.5 Å². The lowest BCUT2D eigenvalue weighted by atomic mass is 10.0. The molecule has 0 saturated heterocycles. The van der Waals surface area contributed by atoms with Crippen LogP contribution in [0, 0.1) is 0 Å². The molecule has 0 bridgehead atoms. The molecule has 3 aromatic carbocycles. The van der Waals surface area contributed by atoms with Gasteiger partial charge in [0, 0.05) is 32.7 Å². The summed E-state index contributed by atoms with van der Waals surface area (Å²) in [4.78, 5) is 79.5. The average Bonchev–Trinajstić information content (AvgIpc) is 3.07. The van der Waals surface area contributed by atoms with Gasteiger partial charge in [-0.25, -0.2) is 5.48 Å². The van der Waals surface area contributed by atoms with Crippen molar-refractivity contribution in [1.29, 1.82) is 0 Å². The summed E-state index contributed by atoms with van der Waals surface area (Å²) in [6, 6.07) is 20.0. The zero-order valence-electron chi connectivity index (χ0n) is 28.5. The van der Waals surface area contributed by atoms with Gasteiger partial charge in [0.15, 0.2) is 0 Å². The van der Waals surface area contributed by atoms with Crippen LogP contribution in [0.1, 0.15) is 16.7 Å². The number of fused-ring (bicyclic) bond motifs is 1. The number of benzene rings is 3. The molecule has 8 N–H and O–H groups in total. The van der Waals surface area contributed by atoms with Crippen molar-refractivity contribution in [3.63, 3.8) is 0 Å². The zero-order valence-corrected chi connectivity index (χ0v) is 28.5. The monoisotopic (exact) mass is 724 g/mol. The summed E-state index contributed by atoms with van der Waals surface area (Å²) in [6.07, 6.45) is 0.333. The Balaban J connectivity index is 1.48. The molecule has 3 rings (SSSR count). The molecule has 0 heterocycles. The number of nitrogens with zero attached hydrogens (tertiary/aromatic N) is 3. The largest absolute Gasteiger partial charge is 0.480 e. The lowest BCUT2D eigenvalue weighted by molar-refractivity contribution is -0.143. The Morgan fingerprint density at radius 2 is 1.10 bits per heavy atom. The van der Waals surface area contributed by atoms with E-state index in [0.717, 1.165) is 27.5 Å². The number of nitrogens with one attached hydrogen (secondary N) is 2. The van der Waals surface area contributed by atoms with Crippen LogP contribution in [0.3, 0.4) is 0 Å². The normalized spacial score (nSPS) is 11.8. The summed E-state index contributed by atoms with van der Waals surface area (Å²) in [7, 11) is 0. The average molecular weight is 725 g/mol. The molecule has 3 aromatic rings. The van der Waals surface area contributed by atoms with Crippen LogP contribution in [0.25, 0.3) is 10.8 Å². The molecule has 1 atom stereocenters. The smallest absolute Gasteiger partial charge is 0.317 e. The van der Waals surface area contributed by atoms with Crippen molar-refractivity contribution in [3.05, 3.63) is 83.4 Å². The van der Waals surface area contributed by atoms with Crippen LogP contribution in [0.2, 0.25) is 0 Å². The van der Waals surface area contributed by atoms with Crippen molar-refractivity contribution in [2.45, 2.75) is 25.6 Å². The first-order valence-electron chi connectivity index (χ1n) is 16.3. The van der Waals surface area contributed by atoms with Crippen LogP contribution >= 0.6 is 0 Å². The number of carbonyl (C=O) groups excluding carboxylic acids is 2. The van der Waals surface area contributed by atoms with Crippen molar-refractivity contribution in [2.24, 2.45) is 5.73 Å². The first-order chi connectivity index (χ1) is 24.8. The maximum atomic E-state index is 12.9. The number of nitrogens with two attached hydrogens (primary N) is 1. The van der Waals surface area contributed by atoms with Crippen molar-refractivity contribution in [2.75, 3.05) is 58.9 Å². The van der Waals surface area contributed by atoms with Gasteiger partial charge < -0.3 is 31.5 Å². The van der Waals surface area contributed by atoms with E-state index in [0.29, 0.717) is 6.42 Å². The molecular weight excluding hydrogens is 680 g/mol. The summed E-state index contributed by atoms with van der Waals surface area (Å²) in [5.41, 5.74) is 10.9. The van der Waals surface area contributed by atoms with E-state index in [1.54, 1.807) is 29.2 Å². The Kier molecular flexibility index (Phi) is 16.6. The fourth-order valence-electron chi connectivity index (χ4n) is 5.22. The maximum Gasteiger partial charge on any atom is 0.317 e. The SMILES string of the molecule is N[C@H](Cc1ccc2ccccc2c1)C(=O)NOCc1ccc(CNC(=O)CN(CCN(CC(=O)O)CC(=O)O)CCN(CC(=O)O)CC(=O)O)cc1. The molecular formula is C35H44N6O11. The second kappa shape index (κ2) is 21.0. The summed E-state index contributed by atoms with van der Waals surface area (Å²) >= 11 is 0. The standard InChI is InChI=1S/C35H44N6O11/c36-29(16-26-9-10-27-3-1-2-4-28(27)15-26)35(51)38-52-23-25-7-5-24(6-8-25)17-37-30(42)18-39(11-13-40(19-31(43)44)20-32(45)46)12-14-41(21-33(47)48)22-34(49)50/h1-10,15,29H,11-14,16-23,36H2,(H,37,42)(H,38,51)(H,43,44)(H,45,46)(H,47,48)(H,49,50)/t29-/m1/s1. The lowest BCUT2D eigenvalue weighted by Crippen LogP contribution is -2.47. The third-order valence-corrected chi connectivity index (χ3v) is 7.80. The van der Waals surface area contributed by atoms with Gasteiger partial charge in [0.2, 0.25) is 5.91 Å². The quantitative estimate of drug-likeness (QED) is 0.0592. The third-order valence-electron chi connectivity index (χ3n) is 7.80. The number of carboxylic acid groups (broad SMARTS) is 4. The van der Waals surface area contributed by atoms with Gasteiger partial charge in [-0.05, 0) is 33.9 Å². The van der Waals surface area contributed by atoms with E-state index in [-0.39, 0.29) is 45.9 Å². The number of amides is 2. The van der Waals surface area contributed by atoms with Gasteiger partial charge in [-0.2, -0.15) is 0 Å². The molecule has 17 heteroatoms. The Morgan fingerprint density at radius 1 is 0.615 bits per heavy atom. The minimum Gasteiger partial charge on any atom is -0.480 e. The van der Waals surface area contributed by atoms with E-state index in [9.17, 15) is 28.8 Å². The molecule has 0 aliphatic carbocycles. The molecule has 0 radical (unpaired) electrons. The number of rotatable bonds is 24. The minimum atomic E-state index is -1.24. The number of hydrogen-bond acceptors (Lipinski definition) is 11. The van der Waals surface area contributed by atoms with Crippen molar-refractivity contribution in [3.8, 4) is 0 Å². The minimum absolute atomic E-state index is 0.0376. The highest BCUT2D eigenvalue weighted by Gasteiger charge is 2.20. The van der Waals surface area contributed by atoms with E-state index in [1.807, 2.05) is 42.5 Å². The van der Waals surface area contributed by atoms with E-state index in [2.05, 4.69) is 10.8 Å². The molecule has 0 aromatic heterocycles. The molecule has 0 spiro atoms. The molecule has 2 amide bonds. The molecule has 0 unspecified atom stereocenters. The van der Waals surface area contributed by atoms with Gasteiger partial charge >= 0.3 is 23.9 Å². The molecule has 0 aliphatic heterocycles. The topological polar surface area (TPSA) is 252 Å². The van der Waals surface area contributed by atoms with Crippen molar-refractivity contribution in [1.82, 2.24) is 25.5 Å². The van der Waals surface area contributed by atoms with Gasteiger partial charge in [-0.1, -0.05) is 66.7 Å². The molecule has 0 aliphatic rings.